The largest absolute Gasteiger partial charge is 0.479 e. The molecule has 1 aliphatic rings. The maximum atomic E-state index is 13.7. The second kappa shape index (κ2) is 13.1. The highest BCUT2D eigenvalue weighted by Crippen LogP contribution is 2.37. The number of allylic oxidation sites excluding steroid dienone is 2. The number of hydrogen-bond donors (Lipinski definition) is 3. The van der Waals surface area contributed by atoms with Gasteiger partial charge in [0.05, 0.1) is 17.7 Å². The number of fused-ring (bicyclic) bond motifs is 1. The van der Waals surface area contributed by atoms with E-state index >= 15 is 0 Å². The second-order valence-corrected chi connectivity index (χ2v) is 10.4. The van der Waals surface area contributed by atoms with Gasteiger partial charge in [0.2, 0.25) is 0 Å². The number of hydrogen-bond acceptors (Lipinski definition) is 5. The van der Waals surface area contributed by atoms with Crippen LogP contribution in [0.3, 0.4) is 0 Å². The lowest BCUT2D eigenvalue weighted by Crippen LogP contribution is -2.36. The summed E-state index contributed by atoms with van der Waals surface area (Å²) in [5.74, 6) is -4.37. The Bertz CT molecular complexity index is 1640. The Morgan fingerprint density at radius 1 is 0.733 bits per heavy atom. The third-order valence-electron chi connectivity index (χ3n) is 7.20. The van der Waals surface area contributed by atoms with Gasteiger partial charge >= 0.3 is 18.3 Å². The fourth-order valence-corrected chi connectivity index (χ4v) is 4.80. The highest BCUT2D eigenvalue weighted by molar-refractivity contribution is 6.32. The molecule has 4 rings (SSSR count). The standard InChI is InChI=1S/C32H25F6NO6/c33-31(34,35)23-12-22(13-24(14-23)32(36,37)38)26(40)15-25(21-10-5-17-3-1-2-4-20(17)11-21)28(42)18-6-8-19(9-7-18)29(43)39-16-27(41)30(44)45/h5-15,27,41H,1-4,16H2,(H,39,43)(H,44,45)/t27-/m1/s1. The number of benzene rings is 3. The molecule has 236 valence electrons. The van der Waals surface area contributed by atoms with Crippen LogP contribution in [0.1, 0.15) is 71.7 Å². The van der Waals surface area contributed by atoms with Crippen LogP contribution in [0.2, 0.25) is 0 Å². The smallest absolute Gasteiger partial charge is 0.416 e. The van der Waals surface area contributed by atoms with Crippen LogP contribution < -0.4 is 5.32 Å². The summed E-state index contributed by atoms with van der Waals surface area (Å²) < 4.78 is 80.6. The van der Waals surface area contributed by atoms with Gasteiger partial charge in [-0.25, -0.2) is 4.79 Å². The van der Waals surface area contributed by atoms with Crippen molar-refractivity contribution in [2.75, 3.05) is 6.54 Å². The summed E-state index contributed by atoms with van der Waals surface area (Å²) in [5, 5.41) is 20.3. The van der Waals surface area contributed by atoms with Crippen LogP contribution in [-0.4, -0.2) is 46.3 Å². The van der Waals surface area contributed by atoms with E-state index < -0.39 is 65.1 Å². The summed E-state index contributed by atoms with van der Waals surface area (Å²) in [7, 11) is 0. The molecule has 3 aromatic carbocycles. The molecule has 0 saturated heterocycles. The minimum atomic E-state index is -5.18. The number of aliphatic carboxylic acids is 1. The molecule has 3 N–H and O–H groups in total. The van der Waals surface area contributed by atoms with E-state index in [0.29, 0.717) is 12.5 Å². The fraction of sp³-hybridized carbons (Fsp3) is 0.250. The Kier molecular flexibility index (Phi) is 9.62. The number of rotatable bonds is 9. The van der Waals surface area contributed by atoms with Crippen molar-refractivity contribution in [3.05, 3.63) is 111 Å². The van der Waals surface area contributed by atoms with Crippen molar-refractivity contribution in [2.45, 2.75) is 44.1 Å². The van der Waals surface area contributed by atoms with Crippen molar-refractivity contribution < 1.29 is 55.7 Å². The molecule has 1 aliphatic carbocycles. The molecule has 0 bridgehead atoms. The number of amides is 1. The molecule has 0 heterocycles. The Morgan fingerprint density at radius 2 is 1.27 bits per heavy atom. The number of carboxylic acids is 1. The molecule has 0 saturated carbocycles. The van der Waals surface area contributed by atoms with Gasteiger partial charge in [-0.15, -0.1) is 0 Å². The van der Waals surface area contributed by atoms with Gasteiger partial charge in [-0.05, 0) is 78.8 Å². The van der Waals surface area contributed by atoms with Gasteiger partial charge in [-0.2, -0.15) is 26.3 Å². The third-order valence-corrected chi connectivity index (χ3v) is 7.20. The number of aryl methyl sites for hydroxylation is 2. The first-order valence-electron chi connectivity index (χ1n) is 13.6. The number of aliphatic hydroxyl groups is 1. The quantitative estimate of drug-likeness (QED) is 0.153. The number of carbonyl (C=O) groups is 4. The number of carbonyl (C=O) groups excluding carboxylic acids is 3. The van der Waals surface area contributed by atoms with Crippen molar-refractivity contribution in [3.63, 3.8) is 0 Å². The second-order valence-electron chi connectivity index (χ2n) is 10.4. The van der Waals surface area contributed by atoms with Gasteiger partial charge < -0.3 is 15.5 Å². The van der Waals surface area contributed by atoms with Crippen molar-refractivity contribution in [2.24, 2.45) is 0 Å². The van der Waals surface area contributed by atoms with E-state index in [4.69, 9.17) is 5.11 Å². The molecule has 0 unspecified atom stereocenters. The lowest BCUT2D eigenvalue weighted by atomic mass is 9.87. The predicted octanol–water partition coefficient (Wildman–Crippen LogP) is 5.93. The van der Waals surface area contributed by atoms with Crippen LogP contribution in [0.15, 0.2) is 66.7 Å². The fourth-order valence-electron chi connectivity index (χ4n) is 4.80. The van der Waals surface area contributed by atoms with E-state index in [9.17, 15) is 50.6 Å². The summed E-state index contributed by atoms with van der Waals surface area (Å²) in [6, 6.07) is 10.3. The van der Waals surface area contributed by atoms with Gasteiger partial charge in [0.1, 0.15) is 0 Å². The number of aliphatic hydroxyl groups excluding tert-OH is 1. The minimum absolute atomic E-state index is 0.0110. The van der Waals surface area contributed by atoms with Crippen LogP contribution in [-0.2, 0) is 30.0 Å². The Morgan fingerprint density at radius 3 is 1.82 bits per heavy atom. The Labute approximate surface area is 252 Å². The molecule has 0 aliphatic heterocycles. The number of Topliss-reactive ketones (excluding diaryl/α,β-unsaturated/α-hetero) is 1. The SMILES string of the molecule is O=C(C=C(C(=O)c1ccc(C(=O)NC[C@@H](O)C(=O)O)cc1)c1ccc2c(c1)CCCC2)c1cc(C(F)(F)F)cc(C(F)(F)F)c1. The molecule has 1 amide bonds. The summed E-state index contributed by atoms with van der Waals surface area (Å²) >= 11 is 0. The molecular weight excluding hydrogens is 608 g/mol. The van der Waals surface area contributed by atoms with Crippen LogP contribution in [0.5, 0.6) is 0 Å². The molecule has 7 nitrogen and oxygen atoms in total. The summed E-state index contributed by atoms with van der Waals surface area (Å²) in [4.78, 5) is 50.1. The average molecular weight is 634 g/mol. The first-order chi connectivity index (χ1) is 21.0. The zero-order chi connectivity index (χ0) is 33.1. The molecule has 0 radical (unpaired) electrons. The molecular formula is C32H25F6NO6. The first-order valence-corrected chi connectivity index (χ1v) is 13.6. The first kappa shape index (κ1) is 33.1. The van der Waals surface area contributed by atoms with Crippen molar-refractivity contribution >= 4 is 29.0 Å². The molecule has 0 aromatic heterocycles. The number of ketones is 2. The van der Waals surface area contributed by atoms with E-state index in [0.717, 1.165) is 30.4 Å². The third kappa shape index (κ3) is 8.04. The van der Waals surface area contributed by atoms with Crippen molar-refractivity contribution in [3.8, 4) is 0 Å². The number of alkyl halides is 6. The summed E-state index contributed by atoms with van der Waals surface area (Å²) in [6.07, 6.45) is -8.26. The number of nitrogens with one attached hydrogen (secondary N) is 1. The lowest BCUT2D eigenvalue weighted by Gasteiger charge is -2.18. The van der Waals surface area contributed by atoms with Gasteiger partial charge in [-0.1, -0.05) is 30.3 Å². The van der Waals surface area contributed by atoms with E-state index in [2.05, 4.69) is 5.32 Å². The van der Waals surface area contributed by atoms with Gasteiger partial charge in [0, 0.05) is 22.3 Å². The van der Waals surface area contributed by atoms with E-state index in [1.165, 1.54) is 24.3 Å². The summed E-state index contributed by atoms with van der Waals surface area (Å²) in [6.45, 7) is -0.590. The maximum Gasteiger partial charge on any atom is 0.416 e. The Hall–Kier alpha value is -4.78. The zero-order valence-corrected chi connectivity index (χ0v) is 23.3. The predicted molar refractivity (Wildman–Crippen MR) is 149 cm³/mol. The lowest BCUT2D eigenvalue weighted by molar-refractivity contribution is -0.146. The van der Waals surface area contributed by atoms with Crippen LogP contribution in [0.25, 0.3) is 5.57 Å². The monoisotopic (exact) mass is 633 g/mol. The number of carboxylic acid groups (broad SMARTS) is 1. The minimum Gasteiger partial charge on any atom is -0.479 e. The molecule has 13 heteroatoms. The zero-order valence-electron chi connectivity index (χ0n) is 23.3. The van der Waals surface area contributed by atoms with Crippen molar-refractivity contribution in [1.29, 1.82) is 0 Å². The van der Waals surface area contributed by atoms with Crippen LogP contribution >= 0.6 is 0 Å². The normalized spacial score (nSPS) is 14.3. The number of halogens is 6. The molecule has 0 fully saturated rings. The van der Waals surface area contributed by atoms with Gasteiger partial charge in [0.15, 0.2) is 17.7 Å². The van der Waals surface area contributed by atoms with E-state index in [1.54, 1.807) is 18.2 Å². The molecule has 45 heavy (non-hydrogen) atoms. The van der Waals surface area contributed by atoms with Crippen LogP contribution in [0, 0.1) is 0 Å². The highest BCUT2D eigenvalue weighted by atomic mass is 19.4. The highest BCUT2D eigenvalue weighted by Gasteiger charge is 2.37. The summed E-state index contributed by atoms with van der Waals surface area (Å²) in [5.41, 5.74) is -2.52. The van der Waals surface area contributed by atoms with Gasteiger partial charge in [0.25, 0.3) is 5.91 Å². The molecule has 3 aromatic rings. The van der Waals surface area contributed by atoms with E-state index in [-0.39, 0.29) is 40.5 Å². The maximum absolute atomic E-state index is 13.7. The molecule has 0 spiro atoms. The van der Waals surface area contributed by atoms with Crippen LogP contribution in [0.4, 0.5) is 26.3 Å². The average Bonchev–Trinajstić information content (AvgIpc) is 3.00. The topological polar surface area (TPSA) is 121 Å². The Balaban J connectivity index is 1.74. The van der Waals surface area contributed by atoms with E-state index in [1.807, 2.05) is 0 Å². The van der Waals surface area contributed by atoms with Gasteiger partial charge in [-0.3, -0.25) is 14.4 Å². The molecule has 1 atom stereocenters. The van der Waals surface area contributed by atoms with Crippen molar-refractivity contribution in [1.82, 2.24) is 5.32 Å².